The maximum atomic E-state index is 12.3. The molecule has 4 nitrogen and oxygen atoms in total. The topological polar surface area (TPSA) is 44.4 Å². The van der Waals surface area contributed by atoms with E-state index >= 15 is 0 Å². The molecule has 19 heavy (non-hydrogen) atoms. The standard InChI is InChI=1S/C15H23N3O/c1-15(9-4-10-16-11-15)14(19)17-12-5-7-13(8-6-12)18(2)3/h5-8,16H,4,9-11H2,1-3H3,(H,17,19). The molecule has 2 N–H and O–H groups in total. The van der Waals surface area contributed by atoms with Crippen LogP contribution in [0.15, 0.2) is 24.3 Å². The highest BCUT2D eigenvalue weighted by molar-refractivity contribution is 5.95. The highest BCUT2D eigenvalue weighted by Gasteiger charge is 2.34. The Bertz CT molecular complexity index is 433. The molecule has 104 valence electrons. The molecular weight excluding hydrogens is 238 g/mol. The van der Waals surface area contributed by atoms with Gasteiger partial charge in [-0.3, -0.25) is 4.79 Å². The molecule has 0 saturated carbocycles. The van der Waals surface area contributed by atoms with Crippen molar-refractivity contribution in [3.8, 4) is 0 Å². The minimum atomic E-state index is -0.293. The van der Waals surface area contributed by atoms with Gasteiger partial charge in [0.1, 0.15) is 0 Å². The molecule has 1 aliphatic heterocycles. The Hall–Kier alpha value is -1.55. The average Bonchev–Trinajstić information content (AvgIpc) is 2.40. The number of hydrogen-bond donors (Lipinski definition) is 2. The number of hydrogen-bond acceptors (Lipinski definition) is 3. The first-order chi connectivity index (χ1) is 9.01. The maximum Gasteiger partial charge on any atom is 0.231 e. The molecule has 1 saturated heterocycles. The van der Waals surface area contributed by atoms with Crippen molar-refractivity contribution in [2.75, 3.05) is 37.4 Å². The molecular formula is C15H23N3O. The van der Waals surface area contributed by atoms with Crippen LogP contribution in [0.5, 0.6) is 0 Å². The van der Waals surface area contributed by atoms with E-state index in [1.165, 1.54) is 0 Å². The van der Waals surface area contributed by atoms with Gasteiger partial charge in [-0.1, -0.05) is 0 Å². The fourth-order valence-electron chi connectivity index (χ4n) is 2.37. The molecule has 0 bridgehead atoms. The lowest BCUT2D eigenvalue weighted by Gasteiger charge is -2.32. The molecule has 0 aliphatic carbocycles. The van der Waals surface area contributed by atoms with E-state index in [-0.39, 0.29) is 11.3 Å². The van der Waals surface area contributed by atoms with Crippen LogP contribution in [0, 0.1) is 5.41 Å². The Balaban J connectivity index is 2.02. The Kier molecular flexibility index (Phi) is 4.10. The lowest BCUT2D eigenvalue weighted by atomic mass is 9.82. The summed E-state index contributed by atoms with van der Waals surface area (Å²) in [4.78, 5) is 14.4. The van der Waals surface area contributed by atoms with Gasteiger partial charge in [0.2, 0.25) is 5.91 Å². The number of carbonyl (C=O) groups is 1. The van der Waals surface area contributed by atoms with Crippen molar-refractivity contribution in [3.05, 3.63) is 24.3 Å². The van der Waals surface area contributed by atoms with Crippen LogP contribution >= 0.6 is 0 Å². The van der Waals surface area contributed by atoms with Crippen molar-refractivity contribution >= 4 is 17.3 Å². The smallest absolute Gasteiger partial charge is 0.231 e. The lowest BCUT2D eigenvalue weighted by Crippen LogP contribution is -2.46. The lowest BCUT2D eigenvalue weighted by molar-refractivity contribution is -0.125. The first kappa shape index (κ1) is 13.9. The van der Waals surface area contributed by atoms with Crippen molar-refractivity contribution in [2.45, 2.75) is 19.8 Å². The van der Waals surface area contributed by atoms with Gasteiger partial charge in [0.15, 0.2) is 0 Å². The monoisotopic (exact) mass is 261 g/mol. The summed E-state index contributed by atoms with van der Waals surface area (Å²) in [5, 5.41) is 6.32. The number of rotatable bonds is 3. The van der Waals surface area contributed by atoms with Crippen molar-refractivity contribution in [2.24, 2.45) is 5.41 Å². The summed E-state index contributed by atoms with van der Waals surface area (Å²) in [5.74, 6) is 0.109. The van der Waals surface area contributed by atoms with Crippen LogP contribution in [-0.4, -0.2) is 33.1 Å². The largest absolute Gasteiger partial charge is 0.378 e. The summed E-state index contributed by atoms with van der Waals surface area (Å²) in [6.45, 7) is 3.80. The average molecular weight is 261 g/mol. The van der Waals surface area contributed by atoms with Gasteiger partial charge in [-0.2, -0.15) is 0 Å². The SMILES string of the molecule is CN(C)c1ccc(NC(=O)C2(C)CCCNC2)cc1. The van der Waals surface area contributed by atoms with Crippen LogP contribution in [-0.2, 0) is 4.79 Å². The summed E-state index contributed by atoms with van der Waals surface area (Å²) in [6.07, 6.45) is 2.01. The minimum absolute atomic E-state index is 0.109. The van der Waals surface area contributed by atoms with Crippen LogP contribution in [0.4, 0.5) is 11.4 Å². The van der Waals surface area contributed by atoms with Crippen molar-refractivity contribution in [3.63, 3.8) is 0 Å². The molecule has 2 rings (SSSR count). The zero-order chi connectivity index (χ0) is 13.9. The molecule has 1 aromatic rings. The summed E-state index contributed by atoms with van der Waals surface area (Å²) in [5.41, 5.74) is 1.70. The van der Waals surface area contributed by atoms with Crippen LogP contribution in [0.2, 0.25) is 0 Å². The van der Waals surface area contributed by atoms with Crippen LogP contribution in [0.3, 0.4) is 0 Å². The van der Waals surface area contributed by atoms with E-state index in [0.717, 1.165) is 37.3 Å². The number of nitrogens with zero attached hydrogens (tertiary/aromatic N) is 1. The molecule has 1 aromatic carbocycles. The van der Waals surface area contributed by atoms with E-state index < -0.39 is 0 Å². The molecule has 1 aliphatic rings. The number of piperidine rings is 1. The zero-order valence-electron chi connectivity index (χ0n) is 12.0. The number of anilines is 2. The fourth-order valence-corrected chi connectivity index (χ4v) is 2.37. The first-order valence-corrected chi connectivity index (χ1v) is 6.81. The summed E-state index contributed by atoms with van der Waals surface area (Å²) < 4.78 is 0. The third kappa shape index (κ3) is 3.26. The third-order valence-electron chi connectivity index (χ3n) is 3.79. The molecule has 1 atom stereocenters. The highest BCUT2D eigenvalue weighted by Crippen LogP contribution is 2.27. The second-order valence-electron chi connectivity index (χ2n) is 5.74. The molecule has 4 heteroatoms. The Morgan fingerprint density at radius 2 is 2.00 bits per heavy atom. The van der Waals surface area contributed by atoms with Gasteiger partial charge in [-0.15, -0.1) is 0 Å². The van der Waals surface area contributed by atoms with Crippen LogP contribution in [0.25, 0.3) is 0 Å². The van der Waals surface area contributed by atoms with Gasteiger partial charge in [0, 0.05) is 32.0 Å². The molecule has 0 spiro atoms. The molecule has 1 amide bonds. The summed E-state index contributed by atoms with van der Waals surface area (Å²) in [6, 6.07) is 7.92. The van der Waals surface area contributed by atoms with Gasteiger partial charge >= 0.3 is 0 Å². The van der Waals surface area contributed by atoms with Crippen LogP contribution in [0.1, 0.15) is 19.8 Å². The second-order valence-corrected chi connectivity index (χ2v) is 5.74. The number of carbonyl (C=O) groups excluding carboxylic acids is 1. The van der Waals surface area contributed by atoms with Crippen molar-refractivity contribution in [1.29, 1.82) is 0 Å². The van der Waals surface area contributed by atoms with E-state index in [9.17, 15) is 4.79 Å². The van der Waals surface area contributed by atoms with E-state index in [1.54, 1.807) is 0 Å². The van der Waals surface area contributed by atoms with Gasteiger partial charge < -0.3 is 15.5 Å². The van der Waals surface area contributed by atoms with Crippen LogP contribution < -0.4 is 15.5 Å². The first-order valence-electron chi connectivity index (χ1n) is 6.81. The highest BCUT2D eigenvalue weighted by atomic mass is 16.2. The predicted molar refractivity (Wildman–Crippen MR) is 79.6 cm³/mol. The quantitative estimate of drug-likeness (QED) is 0.875. The number of nitrogens with one attached hydrogen (secondary N) is 2. The fraction of sp³-hybridized carbons (Fsp3) is 0.533. The Morgan fingerprint density at radius 3 is 2.53 bits per heavy atom. The van der Waals surface area contributed by atoms with E-state index in [4.69, 9.17) is 0 Å². The van der Waals surface area contributed by atoms with Crippen molar-refractivity contribution in [1.82, 2.24) is 5.32 Å². The van der Waals surface area contributed by atoms with Gasteiger partial charge in [0.25, 0.3) is 0 Å². The minimum Gasteiger partial charge on any atom is -0.378 e. The molecule has 1 fully saturated rings. The van der Waals surface area contributed by atoms with E-state index in [1.807, 2.05) is 50.2 Å². The van der Waals surface area contributed by atoms with E-state index in [2.05, 4.69) is 10.6 Å². The Morgan fingerprint density at radius 1 is 1.32 bits per heavy atom. The second kappa shape index (κ2) is 5.61. The number of amides is 1. The number of benzene rings is 1. The summed E-state index contributed by atoms with van der Waals surface area (Å²) in [7, 11) is 4.00. The maximum absolute atomic E-state index is 12.3. The molecule has 0 radical (unpaired) electrons. The third-order valence-corrected chi connectivity index (χ3v) is 3.79. The van der Waals surface area contributed by atoms with Crippen molar-refractivity contribution < 1.29 is 4.79 Å². The summed E-state index contributed by atoms with van der Waals surface area (Å²) >= 11 is 0. The zero-order valence-corrected chi connectivity index (χ0v) is 12.0. The molecule has 0 aromatic heterocycles. The molecule has 1 heterocycles. The molecule has 1 unspecified atom stereocenters. The van der Waals surface area contributed by atoms with Gasteiger partial charge in [-0.25, -0.2) is 0 Å². The van der Waals surface area contributed by atoms with Gasteiger partial charge in [-0.05, 0) is 50.6 Å². The predicted octanol–water partition coefficient (Wildman–Crippen LogP) is 2.08. The Labute approximate surface area is 115 Å². The van der Waals surface area contributed by atoms with E-state index in [0.29, 0.717) is 0 Å². The van der Waals surface area contributed by atoms with Gasteiger partial charge in [0.05, 0.1) is 5.41 Å². The normalized spacial score (nSPS) is 22.9.